The van der Waals surface area contributed by atoms with Crippen LogP contribution in [0.5, 0.6) is 5.75 Å². The largest absolute Gasteiger partial charge is 0.491 e. The summed E-state index contributed by atoms with van der Waals surface area (Å²) in [5, 5.41) is 0. The number of aryl methyl sites for hydroxylation is 1. The van der Waals surface area contributed by atoms with Gasteiger partial charge in [0, 0.05) is 0 Å². The molecule has 90 valence electrons. The first-order valence-corrected chi connectivity index (χ1v) is 5.66. The molecule has 0 spiro atoms. The Kier molecular flexibility index (Phi) is 3.49. The van der Waals surface area contributed by atoms with Crippen molar-refractivity contribution in [3.63, 3.8) is 0 Å². The average Bonchev–Trinajstić information content (AvgIpc) is 2.84. The van der Waals surface area contributed by atoms with Gasteiger partial charge in [-0.25, -0.2) is 0 Å². The summed E-state index contributed by atoms with van der Waals surface area (Å²) < 4.78 is 11.0. The fraction of sp³-hybridized carbons (Fsp3) is 0.286. The van der Waals surface area contributed by atoms with Crippen molar-refractivity contribution >= 4 is 0 Å². The van der Waals surface area contributed by atoms with Crippen LogP contribution in [0.15, 0.2) is 41.0 Å². The van der Waals surface area contributed by atoms with Gasteiger partial charge in [0.25, 0.3) is 0 Å². The van der Waals surface area contributed by atoms with E-state index in [-0.39, 0.29) is 6.04 Å². The molecule has 0 saturated heterocycles. The van der Waals surface area contributed by atoms with Crippen molar-refractivity contribution in [2.45, 2.75) is 19.9 Å². The van der Waals surface area contributed by atoms with Crippen molar-refractivity contribution < 1.29 is 9.15 Å². The lowest BCUT2D eigenvalue weighted by Gasteiger charge is -2.13. The molecule has 2 aromatic rings. The summed E-state index contributed by atoms with van der Waals surface area (Å²) in [4.78, 5) is 0. The molecule has 1 aromatic heterocycles. The first-order chi connectivity index (χ1) is 8.18. The molecule has 17 heavy (non-hydrogen) atoms. The molecule has 1 unspecified atom stereocenters. The van der Waals surface area contributed by atoms with Crippen LogP contribution in [0.2, 0.25) is 0 Å². The zero-order valence-electron chi connectivity index (χ0n) is 10.1. The molecule has 0 aliphatic heterocycles. The van der Waals surface area contributed by atoms with Gasteiger partial charge in [0.15, 0.2) is 0 Å². The third-order valence-corrected chi connectivity index (χ3v) is 2.88. The molecular weight excluding hydrogens is 214 g/mol. The summed E-state index contributed by atoms with van der Waals surface area (Å²) in [6.07, 6.45) is 1.62. The van der Waals surface area contributed by atoms with Gasteiger partial charge in [-0.15, -0.1) is 0 Å². The van der Waals surface area contributed by atoms with E-state index in [1.54, 1.807) is 6.26 Å². The second kappa shape index (κ2) is 5.06. The Morgan fingerprint density at radius 1 is 1.24 bits per heavy atom. The first kappa shape index (κ1) is 11.7. The molecule has 0 radical (unpaired) electrons. The highest BCUT2D eigenvalue weighted by Crippen LogP contribution is 2.22. The van der Waals surface area contributed by atoms with E-state index in [1.165, 1.54) is 5.56 Å². The van der Waals surface area contributed by atoms with Gasteiger partial charge in [-0.3, -0.25) is 0 Å². The van der Waals surface area contributed by atoms with Crippen molar-refractivity contribution in [1.82, 2.24) is 0 Å². The molecular formula is C14H17NO2. The molecule has 0 fully saturated rings. The number of rotatable bonds is 4. The minimum absolute atomic E-state index is 0.232. The average molecular weight is 231 g/mol. The fourth-order valence-electron chi connectivity index (χ4n) is 1.64. The molecule has 0 bridgehead atoms. The Morgan fingerprint density at radius 2 is 2.06 bits per heavy atom. The number of nitrogens with two attached hydrogens (primary N) is 1. The third-order valence-electron chi connectivity index (χ3n) is 2.88. The predicted octanol–water partition coefficient (Wildman–Crippen LogP) is 2.98. The second-order valence-corrected chi connectivity index (χ2v) is 4.13. The van der Waals surface area contributed by atoms with Gasteiger partial charge in [-0.2, -0.15) is 0 Å². The molecule has 0 aliphatic rings. The monoisotopic (exact) mass is 231 g/mol. The minimum atomic E-state index is -0.232. The van der Waals surface area contributed by atoms with Crippen LogP contribution in [0.3, 0.4) is 0 Å². The van der Waals surface area contributed by atoms with E-state index < -0.39 is 0 Å². The first-order valence-electron chi connectivity index (χ1n) is 5.66. The Bertz CT molecular complexity index is 477. The van der Waals surface area contributed by atoms with Crippen LogP contribution in [-0.4, -0.2) is 6.61 Å². The Hall–Kier alpha value is -1.74. The quantitative estimate of drug-likeness (QED) is 0.880. The van der Waals surface area contributed by atoms with Gasteiger partial charge in [0.2, 0.25) is 0 Å². The maximum absolute atomic E-state index is 5.96. The van der Waals surface area contributed by atoms with Crippen LogP contribution in [-0.2, 0) is 0 Å². The van der Waals surface area contributed by atoms with E-state index in [0.717, 1.165) is 17.1 Å². The highest BCUT2D eigenvalue weighted by Gasteiger charge is 2.10. The SMILES string of the molecule is Cc1cccc(OCC(N)c2ccco2)c1C. The number of furan rings is 1. The van der Waals surface area contributed by atoms with E-state index in [1.807, 2.05) is 31.2 Å². The number of hydrogen-bond donors (Lipinski definition) is 1. The molecule has 2 N–H and O–H groups in total. The van der Waals surface area contributed by atoms with E-state index in [4.69, 9.17) is 14.9 Å². The van der Waals surface area contributed by atoms with Crippen molar-refractivity contribution in [3.05, 3.63) is 53.5 Å². The summed E-state index contributed by atoms with van der Waals surface area (Å²) in [6, 6.07) is 9.46. The summed E-state index contributed by atoms with van der Waals surface area (Å²) in [5.41, 5.74) is 8.33. The molecule has 0 saturated carbocycles. The molecule has 1 heterocycles. The highest BCUT2D eigenvalue weighted by molar-refractivity contribution is 5.38. The zero-order chi connectivity index (χ0) is 12.3. The minimum Gasteiger partial charge on any atom is -0.491 e. The van der Waals surface area contributed by atoms with Gasteiger partial charge in [0.1, 0.15) is 18.1 Å². The molecule has 3 heteroatoms. The van der Waals surface area contributed by atoms with Crippen molar-refractivity contribution in [1.29, 1.82) is 0 Å². The Morgan fingerprint density at radius 3 is 2.76 bits per heavy atom. The zero-order valence-corrected chi connectivity index (χ0v) is 10.1. The summed E-state index contributed by atoms with van der Waals surface area (Å²) in [5.74, 6) is 1.63. The maximum atomic E-state index is 5.96. The summed E-state index contributed by atoms with van der Waals surface area (Å²) in [6.45, 7) is 4.52. The summed E-state index contributed by atoms with van der Waals surface area (Å²) >= 11 is 0. The number of hydrogen-bond acceptors (Lipinski definition) is 3. The third kappa shape index (κ3) is 2.68. The van der Waals surface area contributed by atoms with Crippen LogP contribution < -0.4 is 10.5 Å². The van der Waals surface area contributed by atoms with Crippen LogP contribution in [0.1, 0.15) is 22.9 Å². The Balaban J connectivity index is 2.00. The molecule has 1 aromatic carbocycles. The van der Waals surface area contributed by atoms with E-state index >= 15 is 0 Å². The normalized spacial score (nSPS) is 12.4. The second-order valence-electron chi connectivity index (χ2n) is 4.13. The van der Waals surface area contributed by atoms with Crippen LogP contribution in [0, 0.1) is 13.8 Å². The molecule has 3 nitrogen and oxygen atoms in total. The lowest BCUT2D eigenvalue weighted by atomic mass is 10.1. The summed E-state index contributed by atoms with van der Waals surface area (Å²) in [7, 11) is 0. The molecule has 2 rings (SSSR count). The lowest BCUT2D eigenvalue weighted by molar-refractivity contribution is 0.271. The smallest absolute Gasteiger partial charge is 0.123 e. The molecule has 0 aliphatic carbocycles. The lowest BCUT2D eigenvalue weighted by Crippen LogP contribution is -2.18. The van der Waals surface area contributed by atoms with Crippen molar-refractivity contribution in [3.8, 4) is 5.75 Å². The van der Waals surface area contributed by atoms with Gasteiger partial charge in [-0.1, -0.05) is 12.1 Å². The van der Waals surface area contributed by atoms with Gasteiger partial charge < -0.3 is 14.9 Å². The standard InChI is InChI=1S/C14H17NO2/c1-10-5-3-6-13(11(10)2)17-9-12(15)14-7-4-8-16-14/h3-8,12H,9,15H2,1-2H3. The van der Waals surface area contributed by atoms with E-state index in [2.05, 4.69) is 13.0 Å². The predicted molar refractivity (Wildman–Crippen MR) is 67.0 cm³/mol. The highest BCUT2D eigenvalue weighted by atomic mass is 16.5. The van der Waals surface area contributed by atoms with Crippen molar-refractivity contribution in [2.75, 3.05) is 6.61 Å². The van der Waals surface area contributed by atoms with E-state index in [0.29, 0.717) is 6.61 Å². The van der Waals surface area contributed by atoms with Gasteiger partial charge in [0.05, 0.1) is 12.3 Å². The van der Waals surface area contributed by atoms with Crippen LogP contribution in [0.4, 0.5) is 0 Å². The van der Waals surface area contributed by atoms with Gasteiger partial charge >= 0.3 is 0 Å². The van der Waals surface area contributed by atoms with Crippen LogP contribution in [0.25, 0.3) is 0 Å². The molecule has 0 amide bonds. The fourth-order valence-corrected chi connectivity index (χ4v) is 1.64. The van der Waals surface area contributed by atoms with Gasteiger partial charge in [-0.05, 0) is 43.2 Å². The van der Waals surface area contributed by atoms with Crippen molar-refractivity contribution in [2.24, 2.45) is 5.73 Å². The maximum Gasteiger partial charge on any atom is 0.123 e. The van der Waals surface area contributed by atoms with Crippen LogP contribution >= 0.6 is 0 Å². The Labute approximate surface area is 101 Å². The molecule has 1 atom stereocenters. The van der Waals surface area contributed by atoms with E-state index in [9.17, 15) is 0 Å². The topological polar surface area (TPSA) is 48.4 Å². The number of ether oxygens (including phenoxy) is 1. The number of benzene rings is 1.